The number of thioether (sulfide) groups is 1. The Balaban J connectivity index is 1.95. The molecule has 2 aromatic carbocycles. The highest BCUT2D eigenvalue weighted by Crippen LogP contribution is 2.18. The fraction of sp³-hybridized carbons (Fsp3) is 0.250. The zero-order valence-electron chi connectivity index (χ0n) is 15.5. The van der Waals surface area contributed by atoms with Gasteiger partial charge in [0.1, 0.15) is 0 Å². The predicted octanol–water partition coefficient (Wildman–Crippen LogP) is 3.28. The van der Waals surface area contributed by atoms with Gasteiger partial charge in [0, 0.05) is 5.54 Å². The Hall–Kier alpha value is -2.80. The van der Waals surface area contributed by atoms with Crippen LogP contribution in [0.25, 0.3) is 10.9 Å². The molecule has 27 heavy (non-hydrogen) atoms. The molecule has 1 amide bonds. The van der Waals surface area contributed by atoms with Crippen molar-refractivity contribution in [3.05, 3.63) is 65.0 Å². The Morgan fingerprint density at radius 2 is 1.74 bits per heavy atom. The molecule has 1 heterocycles. The van der Waals surface area contributed by atoms with E-state index in [0.29, 0.717) is 16.1 Å². The fourth-order valence-corrected chi connectivity index (χ4v) is 3.29. The van der Waals surface area contributed by atoms with Crippen molar-refractivity contribution in [2.75, 3.05) is 11.2 Å². The number of nitrogens with zero attached hydrogens (tertiary/aromatic N) is 2. The SMILES string of the molecule is CC(C)(C)NC(=O)CSc1nc2ccccc2c(=O)n1Nc1ccccc1. The highest BCUT2D eigenvalue weighted by Gasteiger charge is 2.17. The summed E-state index contributed by atoms with van der Waals surface area (Å²) in [4.78, 5) is 29.7. The Labute approximate surface area is 162 Å². The van der Waals surface area contributed by atoms with Gasteiger partial charge in [0.15, 0.2) is 5.16 Å². The Morgan fingerprint density at radius 3 is 2.44 bits per heavy atom. The first kappa shape index (κ1) is 19.0. The van der Waals surface area contributed by atoms with Gasteiger partial charge in [0.25, 0.3) is 5.56 Å². The molecule has 0 unspecified atom stereocenters. The van der Waals surface area contributed by atoms with E-state index in [1.807, 2.05) is 63.2 Å². The van der Waals surface area contributed by atoms with Crippen LogP contribution in [-0.2, 0) is 4.79 Å². The van der Waals surface area contributed by atoms with Gasteiger partial charge in [-0.1, -0.05) is 42.1 Å². The van der Waals surface area contributed by atoms with E-state index in [1.54, 1.807) is 12.1 Å². The van der Waals surface area contributed by atoms with Gasteiger partial charge in [-0.2, -0.15) is 4.68 Å². The average molecular weight is 382 g/mol. The van der Waals surface area contributed by atoms with Crippen molar-refractivity contribution < 1.29 is 4.79 Å². The van der Waals surface area contributed by atoms with E-state index in [0.717, 1.165) is 5.69 Å². The molecule has 140 valence electrons. The van der Waals surface area contributed by atoms with Gasteiger partial charge in [0.05, 0.1) is 22.3 Å². The molecule has 0 saturated carbocycles. The lowest BCUT2D eigenvalue weighted by molar-refractivity contribution is -0.119. The van der Waals surface area contributed by atoms with E-state index >= 15 is 0 Å². The number of hydrogen-bond acceptors (Lipinski definition) is 5. The van der Waals surface area contributed by atoms with Crippen LogP contribution in [0.5, 0.6) is 0 Å². The molecular formula is C20H22N4O2S. The van der Waals surface area contributed by atoms with E-state index < -0.39 is 0 Å². The maximum Gasteiger partial charge on any atom is 0.280 e. The van der Waals surface area contributed by atoms with E-state index in [2.05, 4.69) is 15.7 Å². The van der Waals surface area contributed by atoms with Crippen LogP contribution in [0, 0.1) is 0 Å². The first-order chi connectivity index (χ1) is 12.8. The molecule has 0 aliphatic rings. The minimum absolute atomic E-state index is 0.110. The van der Waals surface area contributed by atoms with Crippen LogP contribution in [-0.4, -0.2) is 26.9 Å². The minimum atomic E-state index is -0.309. The largest absolute Gasteiger partial charge is 0.351 e. The molecule has 0 bridgehead atoms. The summed E-state index contributed by atoms with van der Waals surface area (Å²) >= 11 is 1.22. The van der Waals surface area contributed by atoms with Crippen molar-refractivity contribution in [3.8, 4) is 0 Å². The monoisotopic (exact) mass is 382 g/mol. The van der Waals surface area contributed by atoms with Gasteiger partial charge in [-0.15, -0.1) is 0 Å². The summed E-state index contributed by atoms with van der Waals surface area (Å²) in [6, 6.07) is 16.6. The van der Waals surface area contributed by atoms with Crippen molar-refractivity contribution in [2.24, 2.45) is 0 Å². The zero-order valence-corrected chi connectivity index (χ0v) is 16.3. The van der Waals surface area contributed by atoms with Crippen molar-refractivity contribution in [1.82, 2.24) is 15.0 Å². The number of carbonyl (C=O) groups is 1. The number of para-hydroxylation sites is 2. The van der Waals surface area contributed by atoms with Gasteiger partial charge < -0.3 is 5.32 Å². The Morgan fingerprint density at radius 1 is 1.07 bits per heavy atom. The van der Waals surface area contributed by atoms with Crippen LogP contribution in [0.2, 0.25) is 0 Å². The molecule has 0 aliphatic carbocycles. The van der Waals surface area contributed by atoms with E-state index in [1.165, 1.54) is 16.4 Å². The number of amides is 1. The second-order valence-corrected chi connectivity index (χ2v) is 8.06. The molecule has 7 heteroatoms. The quantitative estimate of drug-likeness (QED) is 0.523. The van der Waals surface area contributed by atoms with Crippen molar-refractivity contribution in [1.29, 1.82) is 0 Å². The smallest absolute Gasteiger partial charge is 0.280 e. The molecule has 0 spiro atoms. The molecule has 0 saturated heterocycles. The Bertz CT molecular complexity index is 1010. The zero-order chi connectivity index (χ0) is 19.4. The standard InChI is InChI=1S/C20H22N4O2S/c1-20(2,3)22-17(25)13-27-19-21-16-12-8-7-11-15(16)18(26)24(19)23-14-9-5-4-6-10-14/h4-12,23H,13H2,1-3H3,(H,22,25). The molecule has 3 aromatic rings. The second kappa shape index (κ2) is 7.84. The summed E-state index contributed by atoms with van der Waals surface area (Å²) in [5, 5.41) is 3.87. The molecule has 0 aliphatic heterocycles. The van der Waals surface area contributed by atoms with Crippen molar-refractivity contribution in [3.63, 3.8) is 0 Å². The molecule has 0 atom stereocenters. The third-order valence-corrected chi connectivity index (χ3v) is 4.54. The summed E-state index contributed by atoms with van der Waals surface area (Å²) in [5.41, 5.74) is 3.95. The average Bonchev–Trinajstić information content (AvgIpc) is 2.62. The van der Waals surface area contributed by atoms with Crippen LogP contribution >= 0.6 is 11.8 Å². The van der Waals surface area contributed by atoms with Gasteiger partial charge in [0.2, 0.25) is 5.91 Å². The molecule has 0 fully saturated rings. The number of fused-ring (bicyclic) bond motifs is 1. The van der Waals surface area contributed by atoms with Crippen LogP contribution in [0.4, 0.5) is 5.69 Å². The molecular weight excluding hydrogens is 360 g/mol. The van der Waals surface area contributed by atoms with Crippen LogP contribution in [0.3, 0.4) is 0 Å². The maximum absolute atomic E-state index is 13.0. The fourth-order valence-electron chi connectivity index (χ4n) is 2.53. The molecule has 6 nitrogen and oxygen atoms in total. The van der Waals surface area contributed by atoms with Crippen LogP contribution in [0.15, 0.2) is 64.5 Å². The highest BCUT2D eigenvalue weighted by molar-refractivity contribution is 7.99. The number of benzene rings is 2. The lowest BCUT2D eigenvalue weighted by atomic mass is 10.1. The van der Waals surface area contributed by atoms with Crippen molar-refractivity contribution >= 4 is 34.3 Å². The molecule has 1 aromatic heterocycles. The number of rotatable bonds is 5. The normalized spacial score (nSPS) is 11.4. The van der Waals surface area contributed by atoms with Crippen LogP contribution in [0.1, 0.15) is 20.8 Å². The maximum atomic E-state index is 13.0. The number of hydrogen-bond donors (Lipinski definition) is 2. The third-order valence-electron chi connectivity index (χ3n) is 3.61. The Kier molecular flexibility index (Phi) is 5.51. The first-order valence-electron chi connectivity index (χ1n) is 8.61. The predicted molar refractivity (Wildman–Crippen MR) is 110 cm³/mol. The van der Waals surface area contributed by atoms with Gasteiger partial charge in [-0.25, -0.2) is 4.98 Å². The number of anilines is 1. The first-order valence-corrected chi connectivity index (χ1v) is 9.60. The van der Waals surface area contributed by atoms with Crippen molar-refractivity contribution in [2.45, 2.75) is 31.5 Å². The molecule has 3 rings (SSSR count). The summed E-state index contributed by atoms with van der Waals surface area (Å²) in [5.74, 6) is 0.0552. The number of carbonyl (C=O) groups excluding carboxylic acids is 1. The second-order valence-electron chi connectivity index (χ2n) is 7.12. The van der Waals surface area contributed by atoms with Crippen LogP contribution < -0.4 is 16.3 Å². The van der Waals surface area contributed by atoms with E-state index in [9.17, 15) is 9.59 Å². The lowest BCUT2D eigenvalue weighted by Crippen LogP contribution is -2.41. The topological polar surface area (TPSA) is 76.0 Å². The number of aromatic nitrogens is 2. The van der Waals surface area contributed by atoms with Gasteiger partial charge in [-0.05, 0) is 45.0 Å². The summed E-state index contributed by atoms with van der Waals surface area (Å²) < 4.78 is 1.40. The summed E-state index contributed by atoms with van der Waals surface area (Å²) in [6.07, 6.45) is 0. The molecule has 2 N–H and O–H groups in total. The van der Waals surface area contributed by atoms with Gasteiger partial charge in [-0.3, -0.25) is 15.0 Å². The van der Waals surface area contributed by atoms with E-state index in [4.69, 9.17) is 0 Å². The highest BCUT2D eigenvalue weighted by atomic mass is 32.2. The van der Waals surface area contributed by atoms with Gasteiger partial charge >= 0.3 is 0 Å². The van der Waals surface area contributed by atoms with E-state index in [-0.39, 0.29) is 22.8 Å². The summed E-state index contributed by atoms with van der Waals surface area (Å²) in [7, 11) is 0. The third kappa shape index (κ3) is 4.89. The summed E-state index contributed by atoms with van der Waals surface area (Å²) in [6.45, 7) is 5.78. The minimum Gasteiger partial charge on any atom is -0.351 e. The molecule has 0 radical (unpaired) electrons. The number of nitrogens with one attached hydrogen (secondary N) is 2. The lowest BCUT2D eigenvalue weighted by Gasteiger charge is -2.20.